The number of hydrogen-bond donors (Lipinski definition) is 0. The van der Waals surface area contributed by atoms with E-state index in [1.165, 1.54) is 22.2 Å². The summed E-state index contributed by atoms with van der Waals surface area (Å²) in [5.41, 5.74) is 4.68. The molecule has 0 fully saturated rings. The van der Waals surface area contributed by atoms with Crippen LogP contribution in [0.5, 0.6) is 0 Å². The molecule has 3 rings (SSSR count). The first kappa shape index (κ1) is 10.1. The highest BCUT2D eigenvalue weighted by Gasteiger charge is 2.09. The molecule has 2 heteroatoms. The van der Waals surface area contributed by atoms with Gasteiger partial charge in [-0.1, -0.05) is 24.3 Å². The van der Waals surface area contributed by atoms with Gasteiger partial charge in [-0.25, -0.2) is 0 Å². The molecule has 2 nitrogen and oxygen atoms in total. The van der Waals surface area contributed by atoms with E-state index in [2.05, 4.69) is 59.9 Å². The summed E-state index contributed by atoms with van der Waals surface area (Å²) in [7, 11) is 2.09. The number of nitrogens with zero attached hydrogens (tertiary/aromatic N) is 2. The van der Waals surface area contributed by atoms with Crippen LogP contribution in [-0.4, -0.2) is 9.55 Å². The van der Waals surface area contributed by atoms with Crippen LogP contribution in [-0.2, 0) is 7.05 Å². The fourth-order valence-electron chi connectivity index (χ4n) is 2.27. The summed E-state index contributed by atoms with van der Waals surface area (Å²) in [6.07, 6.45) is 1.85. The van der Waals surface area contributed by atoms with Gasteiger partial charge in [0.15, 0.2) is 0 Å². The highest BCUT2D eigenvalue weighted by molar-refractivity contribution is 5.86. The molecule has 0 N–H and O–H groups in total. The molecule has 0 aliphatic carbocycles. The fraction of sp³-hybridized carbons (Fsp3) is 0.133. The Morgan fingerprint density at radius 1 is 1.06 bits per heavy atom. The number of aromatic nitrogens is 2. The van der Waals surface area contributed by atoms with Crippen LogP contribution in [0.2, 0.25) is 0 Å². The molecule has 17 heavy (non-hydrogen) atoms. The van der Waals surface area contributed by atoms with Gasteiger partial charge in [0, 0.05) is 24.1 Å². The monoisotopic (exact) mass is 222 g/mol. The molecular weight excluding hydrogens is 208 g/mol. The summed E-state index contributed by atoms with van der Waals surface area (Å²) in [4.78, 5) is 4.48. The molecule has 0 saturated heterocycles. The maximum absolute atomic E-state index is 4.48. The quantitative estimate of drug-likeness (QED) is 0.615. The summed E-state index contributed by atoms with van der Waals surface area (Å²) in [6, 6.07) is 14.7. The van der Waals surface area contributed by atoms with Crippen molar-refractivity contribution < 1.29 is 0 Å². The van der Waals surface area contributed by atoms with E-state index >= 15 is 0 Å². The van der Waals surface area contributed by atoms with Crippen LogP contribution in [0.4, 0.5) is 0 Å². The number of pyridine rings is 1. The molecule has 84 valence electrons. The van der Waals surface area contributed by atoms with Crippen molar-refractivity contribution in [2.45, 2.75) is 6.92 Å². The van der Waals surface area contributed by atoms with Crippen LogP contribution < -0.4 is 0 Å². The van der Waals surface area contributed by atoms with Crippen molar-refractivity contribution in [1.82, 2.24) is 9.55 Å². The largest absolute Gasteiger partial charge is 0.342 e. The third-order valence-electron chi connectivity index (χ3n) is 3.20. The summed E-state index contributed by atoms with van der Waals surface area (Å²) in [5, 5.41) is 1.26. The van der Waals surface area contributed by atoms with Crippen molar-refractivity contribution >= 4 is 10.9 Å². The summed E-state index contributed by atoms with van der Waals surface area (Å²) >= 11 is 0. The van der Waals surface area contributed by atoms with Crippen LogP contribution in [0.3, 0.4) is 0 Å². The molecule has 2 heterocycles. The van der Waals surface area contributed by atoms with Gasteiger partial charge in [0.05, 0.1) is 11.4 Å². The van der Waals surface area contributed by atoms with Gasteiger partial charge in [0.1, 0.15) is 0 Å². The second-order valence-electron chi connectivity index (χ2n) is 4.32. The maximum Gasteiger partial charge on any atom is 0.0895 e. The Bertz CT molecular complexity index is 680. The molecule has 0 aliphatic rings. The van der Waals surface area contributed by atoms with Gasteiger partial charge in [-0.05, 0) is 30.7 Å². The molecule has 0 bridgehead atoms. The number of para-hydroxylation sites is 1. The molecule has 0 spiro atoms. The van der Waals surface area contributed by atoms with E-state index in [0.717, 1.165) is 5.69 Å². The lowest BCUT2D eigenvalue weighted by atomic mass is 10.1. The van der Waals surface area contributed by atoms with Crippen LogP contribution in [0.15, 0.2) is 48.7 Å². The van der Waals surface area contributed by atoms with Crippen molar-refractivity contribution in [1.29, 1.82) is 0 Å². The first-order valence-corrected chi connectivity index (χ1v) is 5.74. The number of hydrogen-bond acceptors (Lipinski definition) is 1. The van der Waals surface area contributed by atoms with Crippen molar-refractivity contribution in [3.8, 4) is 11.4 Å². The van der Waals surface area contributed by atoms with Gasteiger partial charge >= 0.3 is 0 Å². The minimum Gasteiger partial charge on any atom is -0.342 e. The fourth-order valence-corrected chi connectivity index (χ4v) is 2.27. The molecule has 3 aromatic rings. The van der Waals surface area contributed by atoms with Crippen molar-refractivity contribution in [3.63, 3.8) is 0 Å². The third kappa shape index (κ3) is 1.53. The van der Waals surface area contributed by atoms with E-state index in [4.69, 9.17) is 0 Å². The zero-order valence-electron chi connectivity index (χ0n) is 10.0. The Labute approximate surface area is 101 Å². The lowest BCUT2D eigenvalue weighted by molar-refractivity contribution is 0.967. The minimum absolute atomic E-state index is 1.06. The number of aryl methyl sites for hydroxylation is 2. The Morgan fingerprint density at radius 3 is 2.65 bits per heavy atom. The lowest BCUT2D eigenvalue weighted by Gasteiger charge is -2.06. The van der Waals surface area contributed by atoms with E-state index in [0.29, 0.717) is 0 Å². The van der Waals surface area contributed by atoms with E-state index in [-0.39, 0.29) is 0 Å². The lowest BCUT2D eigenvalue weighted by Crippen LogP contribution is -1.94. The normalized spacial score (nSPS) is 10.9. The second kappa shape index (κ2) is 3.74. The van der Waals surface area contributed by atoms with E-state index in [9.17, 15) is 0 Å². The zero-order valence-corrected chi connectivity index (χ0v) is 10.0. The number of fused-ring (bicyclic) bond motifs is 1. The summed E-state index contributed by atoms with van der Waals surface area (Å²) < 4.78 is 2.20. The van der Waals surface area contributed by atoms with E-state index in [1.54, 1.807) is 0 Å². The first-order valence-electron chi connectivity index (χ1n) is 5.74. The highest BCUT2D eigenvalue weighted by atomic mass is 15.0. The maximum atomic E-state index is 4.48. The van der Waals surface area contributed by atoms with Gasteiger partial charge in [-0.3, -0.25) is 4.98 Å². The van der Waals surface area contributed by atoms with Gasteiger partial charge in [-0.2, -0.15) is 0 Å². The van der Waals surface area contributed by atoms with Crippen LogP contribution in [0.25, 0.3) is 22.3 Å². The zero-order chi connectivity index (χ0) is 11.8. The average molecular weight is 222 g/mol. The van der Waals surface area contributed by atoms with Gasteiger partial charge in [-0.15, -0.1) is 0 Å². The summed E-state index contributed by atoms with van der Waals surface area (Å²) in [6.45, 7) is 2.10. The van der Waals surface area contributed by atoms with Gasteiger partial charge in [0.25, 0.3) is 0 Å². The summed E-state index contributed by atoms with van der Waals surface area (Å²) in [5.74, 6) is 0. The Morgan fingerprint density at radius 2 is 1.88 bits per heavy atom. The van der Waals surface area contributed by atoms with E-state index in [1.807, 2.05) is 12.3 Å². The van der Waals surface area contributed by atoms with Crippen molar-refractivity contribution in [2.75, 3.05) is 0 Å². The Kier molecular flexibility index (Phi) is 2.22. The molecule has 1 aromatic carbocycles. The Hall–Kier alpha value is -2.09. The van der Waals surface area contributed by atoms with Crippen molar-refractivity contribution in [3.05, 3.63) is 54.2 Å². The predicted molar refractivity (Wildman–Crippen MR) is 70.9 cm³/mol. The van der Waals surface area contributed by atoms with Gasteiger partial charge < -0.3 is 4.57 Å². The minimum atomic E-state index is 1.06. The van der Waals surface area contributed by atoms with E-state index < -0.39 is 0 Å². The average Bonchev–Trinajstić information content (AvgIpc) is 2.68. The molecule has 0 unspecified atom stereocenters. The smallest absolute Gasteiger partial charge is 0.0895 e. The molecule has 0 atom stereocenters. The van der Waals surface area contributed by atoms with Crippen LogP contribution in [0, 0.1) is 6.92 Å². The van der Waals surface area contributed by atoms with Crippen LogP contribution in [0.1, 0.15) is 5.56 Å². The molecule has 2 aromatic heterocycles. The highest BCUT2D eigenvalue weighted by Crippen LogP contribution is 2.27. The van der Waals surface area contributed by atoms with Crippen LogP contribution >= 0.6 is 0 Å². The predicted octanol–water partition coefficient (Wildman–Crippen LogP) is 3.55. The molecular formula is C15H14N2. The second-order valence-corrected chi connectivity index (χ2v) is 4.32. The number of benzene rings is 1. The SMILES string of the molecule is Cc1cccnc1-c1cc2ccccc2n1C. The first-order chi connectivity index (χ1) is 8.27. The third-order valence-corrected chi connectivity index (χ3v) is 3.20. The molecule has 0 saturated carbocycles. The number of rotatable bonds is 1. The molecule has 0 radical (unpaired) electrons. The van der Waals surface area contributed by atoms with Crippen molar-refractivity contribution in [2.24, 2.45) is 7.05 Å². The van der Waals surface area contributed by atoms with Gasteiger partial charge in [0.2, 0.25) is 0 Å². The topological polar surface area (TPSA) is 17.8 Å². The molecule has 0 aliphatic heterocycles. The standard InChI is InChI=1S/C15H14N2/c1-11-6-5-9-16-15(11)14-10-12-7-3-4-8-13(12)17(14)2/h3-10H,1-2H3. The molecule has 0 amide bonds. The Balaban J connectivity index is 2.32.